The van der Waals surface area contributed by atoms with Crippen molar-refractivity contribution in [2.75, 3.05) is 19.8 Å². The van der Waals surface area contributed by atoms with Gasteiger partial charge in [-0.2, -0.15) is 0 Å². The number of terminal acetylenes is 1. The fourth-order valence-corrected chi connectivity index (χ4v) is 3.24. The molecule has 7 nitrogen and oxygen atoms in total. The van der Waals surface area contributed by atoms with Crippen LogP contribution >= 0.6 is 0 Å². The van der Waals surface area contributed by atoms with Gasteiger partial charge in [0, 0.05) is 30.1 Å². The number of nitrogens with zero attached hydrogens (tertiary/aromatic N) is 1. The highest BCUT2D eigenvalue weighted by molar-refractivity contribution is 6.33. The highest BCUT2D eigenvalue weighted by Crippen LogP contribution is 2.33. The van der Waals surface area contributed by atoms with Crippen LogP contribution in [0, 0.1) is 12.3 Å². The lowest BCUT2D eigenvalue weighted by molar-refractivity contribution is -0.305. The van der Waals surface area contributed by atoms with Crippen molar-refractivity contribution in [3.05, 3.63) is 59.2 Å². The number of carboxylic acid groups (broad SMARTS) is 1. The number of carbonyl (C=O) groups excluding carboxylic acids is 3. The fourth-order valence-electron chi connectivity index (χ4n) is 3.24. The van der Waals surface area contributed by atoms with E-state index >= 15 is 0 Å². The molecular weight excluding hydrogens is 398 g/mol. The molecule has 0 N–H and O–H groups in total. The van der Waals surface area contributed by atoms with Crippen molar-refractivity contribution < 1.29 is 29.0 Å². The van der Waals surface area contributed by atoms with Crippen LogP contribution in [0.4, 0.5) is 0 Å². The topological polar surface area (TPSA) is 96.0 Å². The van der Waals surface area contributed by atoms with Crippen molar-refractivity contribution in [1.82, 2.24) is 4.90 Å². The smallest absolute Gasteiger partial charge is 0.261 e. The molecule has 3 rings (SSSR count). The molecule has 0 atom stereocenters. The van der Waals surface area contributed by atoms with Crippen LogP contribution in [0.1, 0.15) is 34.8 Å². The molecule has 0 saturated carbocycles. The van der Waals surface area contributed by atoms with Crippen molar-refractivity contribution in [2.24, 2.45) is 0 Å². The number of ether oxygens (including phenoxy) is 2. The SMILES string of the molecule is C#CCOc1ccc(/C=C2\C(=O)N(CCC(=O)[O-])C(=O)c3ccccc32)cc1OCC. The first-order valence-corrected chi connectivity index (χ1v) is 9.66. The first-order valence-electron chi connectivity index (χ1n) is 9.66. The number of carboxylic acids is 1. The monoisotopic (exact) mass is 418 g/mol. The van der Waals surface area contributed by atoms with Gasteiger partial charge >= 0.3 is 0 Å². The Labute approximate surface area is 179 Å². The predicted molar refractivity (Wildman–Crippen MR) is 112 cm³/mol. The van der Waals surface area contributed by atoms with Crippen LogP contribution in [0.5, 0.6) is 11.5 Å². The molecule has 1 aliphatic heterocycles. The van der Waals surface area contributed by atoms with Crippen LogP contribution in [-0.2, 0) is 9.59 Å². The fraction of sp³-hybridized carbons (Fsp3) is 0.208. The Hall–Kier alpha value is -4.05. The van der Waals surface area contributed by atoms with E-state index in [1.54, 1.807) is 48.5 Å². The van der Waals surface area contributed by atoms with E-state index in [0.29, 0.717) is 34.8 Å². The molecule has 0 aromatic heterocycles. The minimum absolute atomic E-state index is 0.0852. The van der Waals surface area contributed by atoms with Gasteiger partial charge in [-0.25, -0.2) is 0 Å². The summed E-state index contributed by atoms with van der Waals surface area (Å²) >= 11 is 0. The molecule has 31 heavy (non-hydrogen) atoms. The Kier molecular flexibility index (Phi) is 6.73. The number of aliphatic carboxylic acids is 1. The van der Waals surface area contributed by atoms with E-state index in [2.05, 4.69) is 5.92 Å². The molecule has 158 valence electrons. The minimum atomic E-state index is -1.34. The van der Waals surface area contributed by atoms with Gasteiger partial charge in [0.15, 0.2) is 11.5 Å². The highest BCUT2D eigenvalue weighted by atomic mass is 16.5. The molecule has 0 saturated heterocycles. The summed E-state index contributed by atoms with van der Waals surface area (Å²) in [4.78, 5) is 37.6. The van der Waals surface area contributed by atoms with E-state index < -0.39 is 24.2 Å². The van der Waals surface area contributed by atoms with E-state index in [0.717, 1.165) is 4.90 Å². The van der Waals surface area contributed by atoms with Gasteiger partial charge in [-0.05, 0) is 42.3 Å². The van der Waals surface area contributed by atoms with Crippen LogP contribution in [0.15, 0.2) is 42.5 Å². The Morgan fingerprint density at radius 2 is 1.84 bits per heavy atom. The summed E-state index contributed by atoms with van der Waals surface area (Å²) < 4.78 is 11.1. The molecule has 0 spiro atoms. The second-order valence-electron chi connectivity index (χ2n) is 6.62. The Morgan fingerprint density at radius 1 is 1.10 bits per heavy atom. The summed E-state index contributed by atoms with van der Waals surface area (Å²) in [6, 6.07) is 11.8. The molecule has 0 unspecified atom stereocenters. The second-order valence-corrected chi connectivity index (χ2v) is 6.62. The summed E-state index contributed by atoms with van der Waals surface area (Å²) in [5.74, 6) is 0.887. The molecule has 1 aliphatic rings. The maximum Gasteiger partial charge on any atom is 0.261 e. The van der Waals surface area contributed by atoms with Crippen molar-refractivity contribution in [3.63, 3.8) is 0 Å². The van der Waals surface area contributed by atoms with Crippen molar-refractivity contribution in [1.29, 1.82) is 0 Å². The maximum atomic E-state index is 13.1. The summed E-state index contributed by atoms with van der Waals surface area (Å²) in [7, 11) is 0. The molecule has 0 fully saturated rings. The minimum Gasteiger partial charge on any atom is -0.550 e. The van der Waals surface area contributed by atoms with Crippen molar-refractivity contribution >= 4 is 29.4 Å². The lowest BCUT2D eigenvalue weighted by Gasteiger charge is -2.28. The average Bonchev–Trinajstić information content (AvgIpc) is 2.76. The number of hydrogen-bond acceptors (Lipinski definition) is 6. The quantitative estimate of drug-likeness (QED) is 0.368. The molecule has 0 bridgehead atoms. The molecule has 2 aromatic carbocycles. The highest BCUT2D eigenvalue weighted by Gasteiger charge is 2.34. The summed E-state index contributed by atoms with van der Waals surface area (Å²) in [5.41, 5.74) is 1.72. The zero-order chi connectivity index (χ0) is 22.4. The lowest BCUT2D eigenvalue weighted by Crippen LogP contribution is -2.43. The Balaban J connectivity index is 2.05. The van der Waals surface area contributed by atoms with Gasteiger partial charge in [-0.1, -0.05) is 30.2 Å². The van der Waals surface area contributed by atoms with Gasteiger partial charge in [0.05, 0.1) is 6.61 Å². The van der Waals surface area contributed by atoms with E-state index in [-0.39, 0.29) is 18.7 Å². The standard InChI is InChI=1S/C24H21NO6/c1-3-13-31-20-10-9-16(15-21(20)30-4-2)14-19-17-7-5-6-8-18(17)23(28)25(24(19)29)12-11-22(26)27/h1,5-10,14-15H,4,11-13H2,2H3,(H,26,27)/p-1/b19-14-. The lowest BCUT2D eigenvalue weighted by atomic mass is 9.92. The van der Waals surface area contributed by atoms with Crippen LogP contribution < -0.4 is 14.6 Å². The first-order chi connectivity index (χ1) is 15.0. The van der Waals surface area contributed by atoms with Gasteiger partial charge in [-0.15, -0.1) is 6.42 Å². The van der Waals surface area contributed by atoms with Gasteiger partial charge in [0.25, 0.3) is 11.8 Å². The van der Waals surface area contributed by atoms with Crippen molar-refractivity contribution in [3.8, 4) is 23.8 Å². The third kappa shape index (κ3) is 4.75. The third-order valence-corrected chi connectivity index (χ3v) is 4.60. The van der Waals surface area contributed by atoms with Gasteiger partial charge in [0.2, 0.25) is 0 Å². The van der Waals surface area contributed by atoms with Gasteiger partial charge < -0.3 is 19.4 Å². The van der Waals surface area contributed by atoms with Crippen LogP contribution in [0.3, 0.4) is 0 Å². The molecule has 0 aliphatic carbocycles. The average molecular weight is 418 g/mol. The predicted octanol–water partition coefficient (Wildman–Crippen LogP) is 1.76. The number of amides is 2. The number of rotatable bonds is 8. The molecular formula is C24H20NO6-. The number of fused-ring (bicyclic) bond motifs is 1. The zero-order valence-corrected chi connectivity index (χ0v) is 16.9. The second kappa shape index (κ2) is 9.63. The normalized spacial score (nSPS) is 14.2. The Bertz CT molecular complexity index is 1100. The zero-order valence-electron chi connectivity index (χ0n) is 16.9. The van der Waals surface area contributed by atoms with Gasteiger partial charge in [0.1, 0.15) is 6.61 Å². The number of carbonyl (C=O) groups is 3. The number of hydrogen-bond donors (Lipinski definition) is 0. The van der Waals surface area contributed by atoms with E-state index in [4.69, 9.17) is 15.9 Å². The largest absolute Gasteiger partial charge is 0.550 e. The van der Waals surface area contributed by atoms with E-state index in [1.807, 2.05) is 6.92 Å². The first kappa shape index (κ1) is 21.7. The molecule has 0 radical (unpaired) electrons. The summed E-state index contributed by atoms with van der Waals surface area (Å²) in [6.45, 7) is 2.05. The molecule has 2 aromatic rings. The number of benzene rings is 2. The van der Waals surface area contributed by atoms with Crippen LogP contribution in [0.2, 0.25) is 0 Å². The number of imide groups is 1. The van der Waals surface area contributed by atoms with Crippen LogP contribution in [0.25, 0.3) is 11.6 Å². The summed E-state index contributed by atoms with van der Waals surface area (Å²) in [6.07, 6.45) is 6.44. The van der Waals surface area contributed by atoms with Crippen LogP contribution in [-0.4, -0.2) is 42.4 Å². The maximum absolute atomic E-state index is 13.1. The van der Waals surface area contributed by atoms with Crippen molar-refractivity contribution in [2.45, 2.75) is 13.3 Å². The molecule has 2 amide bonds. The van der Waals surface area contributed by atoms with Gasteiger partial charge in [-0.3, -0.25) is 14.5 Å². The summed E-state index contributed by atoms with van der Waals surface area (Å²) in [5, 5.41) is 10.9. The third-order valence-electron chi connectivity index (χ3n) is 4.60. The molecule has 1 heterocycles. The molecule has 7 heteroatoms. The van der Waals surface area contributed by atoms with E-state index in [9.17, 15) is 19.5 Å². The van der Waals surface area contributed by atoms with E-state index in [1.165, 1.54) is 0 Å². The Morgan fingerprint density at radius 3 is 2.52 bits per heavy atom.